The number of rotatable bonds is 2. The van der Waals surface area contributed by atoms with Crippen molar-refractivity contribution < 1.29 is 0 Å². The summed E-state index contributed by atoms with van der Waals surface area (Å²) in [5.74, 6) is 0. The standard InChI is InChI=1S/C8H13N/c1-3-7-5-6-8(4-2)9-7/h5-6,9H,3-4H2,1-2H3. The summed E-state index contributed by atoms with van der Waals surface area (Å²) >= 11 is 0. The third-order valence-corrected chi connectivity index (χ3v) is 1.57. The molecule has 0 aromatic carbocycles. The minimum absolute atomic E-state index is 1.11. The normalized spacial score (nSPS) is 10.0. The highest BCUT2D eigenvalue weighted by Crippen LogP contribution is 2.01. The van der Waals surface area contributed by atoms with Crippen molar-refractivity contribution in [1.29, 1.82) is 0 Å². The van der Waals surface area contributed by atoms with E-state index < -0.39 is 0 Å². The Bertz CT molecular complexity index is 158. The first-order chi connectivity index (χ1) is 4.36. The quantitative estimate of drug-likeness (QED) is 0.620. The summed E-state index contributed by atoms with van der Waals surface area (Å²) in [5, 5.41) is 0. The number of nitrogens with one attached hydrogen (secondary N) is 1. The minimum atomic E-state index is 1.11. The Morgan fingerprint density at radius 1 is 1.11 bits per heavy atom. The molecule has 0 aliphatic carbocycles. The number of aryl methyl sites for hydroxylation is 2. The number of H-pyrrole nitrogens is 1. The zero-order valence-electron chi connectivity index (χ0n) is 6.07. The number of aromatic nitrogens is 1. The van der Waals surface area contributed by atoms with Crippen LogP contribution in [0.15, 0.2) is 12.1 Å². The first-order valence-corrected chi connectivity index (χ1v) is 3.53. The van der Waals surface area contributed by atoms with Crippen LogP contribution in [0.1, 0.15) is 25.2 Å². The molecule has 0 bridgehead atoms. The fourth-order valence-corrected chi connectivity index (χ4v) is 0.903. The molecule has 0 saturated carbocycles. The van der Waals surface area contributed by atoms with Crippen molar-refractivity contribution in [2.75, 3.05) is 0 Å². The van der Waals surface area contributed by atoms with E-state index in [1.54, 1.807) is 0 Å². The van der Waals surface area contributed by atoms with Gasteiger partial charge >= 0.3 is 0 Å². The SMILES string of the molecule is CCc1ccc(CC)[nH]1. The first-order valence-electron chi connectivity index (χ1n) is 3.53. The van der Waals surface area contributed by atoms with Crippen LogP contribution in [-0.2, 0) is 12.8 Å². The summed E-state index contributed by atoms with van der Waals surface area (Å²) in [7, 11) is 0. The zero-order chi connectivity index (χ0) is 6.69. The van der Waals surface area contributed by atoms with Crippen LogP contribution in [0, 0.1) is 0 Å². The van der Waals surface area contributed by atoms with Gasteiger partial charge in [-0.3, -0.25) is 0 Å². The molecule has 0 unspecified atom stereocenters. The molecular formula is C8H13N. The van der Waals surface area contributed by atoms with Crippen molar-refractivity contribution >= 4 is 0 Å². The lowest BCUT2D eigenvalue weighted by Crippen LogP contribution is -1.81. The molecule has 1 rings (SSSR count). The largest absolute Gasteiger partial charge is 0.362 e. The maximum atomic E-state index is 3.31. The number of aromatic amines is 1. The van der Waals surface area contributed by atoms with Crippen molar-refractivity contribution in [2.45, 2.75) is 26.7 Å². The van der Waals surface area contributed by atoms with E-state index in [0.717, 1.165) is 12.8 Å². The van der Waals surface area contributed by atoms with Gasteiger partial charge < -0.3 is 4.98 Å². The molecule has 1 nitrogen and oxygen atoms in total. The van der Waals surface area contributed by atoms with Gasteiger partial charge in [0.1, 0.15) is 0 Å². The monoisotopic (exact) mass is 123 g/mol. The van der Waals surface area contributed by atoms with Crippen LogP contribution >= 0.6 is 0 Å². The highest BCUT2D eigenvalue weighted by atomic mass is 14.7. The smallest absolute Gasteiger partial charge is 0.0146 e. The van der Waals surface area contributed by atoms with E-state index in [0.29, 0.717) is 0 Å². The van der Waals surface area contributed by atoms with Gasteiger partial charge in [0.25, 0.3) is 0 Å². The Morgan fingerprint density at radius 3 is 1.78 bits per heavy atom. The molecular weight excluding hydrogens is 110 g/mol. The number of hydrogen-bond acceptors (Lipinski definition) is 0. The lowest BCUT2D eigenvalue weighted by Gasteiger charge is -1.88. The van der Waals surface area contributed by atoms with E-state index in [1.165, 1.54) is 11.4 Å². The average Bonchev–Trinajstić information content (AvgIpc) is 2.34. The predicted octanol–water partition coefficient (Wildman–Crippen LogP) is 2.14. The summed E-state index contributed by atoms with van der Waals surface area (Å²) in [4.78, 5) is 3.31. The van der Waals surface area contributed by atoms with Crippen molar-refractivity contribution in [3.05, 3.63) is 23.5 Å². The second-order valence-electron chi connectivity index (χ2n) is 2.22. The highest BCUT2D eigenvalue weighted by molar-refractivity contribution is 5.12. The molecule has 0 spiro atoms. The Balaban J connectivity index is 2.74. The Hall–Kier alpha value is -0.720. The molecule has 1 aromatic heterocycles. The van der Waals surface area contributed by atoms with Gasteiger partial charge in [0.2, 0.25) is 0 Å². The molecule has 1 aromatic rings. The molecule has 0 aliphatic rings. The van der Waals surface area contributed by atoms with E-state index in [-0.39, 0.29) is 0 Å². The lowest BCUT2D eigenvalue weighted by molar-refractivity contribution is 0.994. The Labute approximate surface area is 56.1 Å². The Kier molecular flexibility index (Phi) is 1.93. The van der Waals surface area contributed by atoms with Crippen molar-refractivity contribution in [2.24, 2.45) is 0 Å². The van der Waals surface area contributed by atoms with Crippen molar-refractivity contribution in [1.82, 2.24) is 4.98 Å². The van der Waals surface area contributed by atoms with Gasteiger partial charge in [-0.1, -0.05) is 13.8 Å². The molecule has 0 aliphatic heterocycles. The maximum Gasteiger partial charge on any atom is 0.0146 e. The van der Waals surface area contributed by atoms with Gasteiger partial charge in [0.05, 0.1) is 0 Å². The second kappa shape index (κ2) is 2.72. The summed E-state index contributed by atoms with van der Waals surface area (Å²) in [6, 6.07) is 4.30. The van der Waals surface area contributed by atoms with Gasteiger partial charge in [-0.25, -0.2) is 0 Å². The first kappa shape index (κ1) is 6.40. The maximum absolute atomic E-state index is 3.31. The van der Waals surface area contributed by atoms with Gasteiger partial charge in [0, 0.05) is 11.4 Å². The van der Waals surface area contributed by atoms with Crippen LogP contribution in [0.25, 0.3) is 0 Å². The molecule has 0 radical (unpaired) electrons. The van der Waals surface area contributed by atoms with Gasteiger partial charge in [-0.05, 0) is 25.0 Å². The summed E-state index contributed by atoms with van der Waals surface area (Å²) in [5.41, 5.74) is 2.68. The van der Waals surface area contributed by atoms with E-state index in [2.05, 4.69) is 31.0 Å². The summed E-state index contributed by atoms with van der Waals surface area (Å²) in [6.45, 7) is 4.32. The summed E-state index contributed by atoms with van der Waals surface area (Å²) in [6.07, 6.45) is 2.22. The van der Waals surface area contributed by atoms with Crippen LogP contribution in [0.5, 0.6) is 0 Å². The van der Waals surface area contributed by atoms with E-state index in [1.807, 2.05) is 0 Å². The molecule has 1 N–H and O–H groups in total. The third kappa shape index (κ3) is 1.35. The van der Waals surface area contributed by atoms with Crippen LogP contribution in [-0.4, -0.2) is 4.98 Å². The number of hydrogen-bond donors (Lipinski definition) is 1. The molecule has 1 heterocycles. The van der Waals surface area contributed by atoms with Gasteiger partial charge in [0.15, 0.2) is 0 Å². The molecule has 0 fully saturated rings. The van der Waals surface area contributed by atoms with Crippen LogP contribution in [0.4, 0.5) is 0 Å². The lowest BCUT2D eigenvalue weighted by atomic mass is 10.3. The second-order valence-corrected chi connectivity index (χ2v) is 2.22. The van der Waals surface area contributed by atoms with E-state index in [4.69, 9.17) is 0 Å². The fraction of sp³-hybridized carbons (Fsp3) is 0.500. The molecule has 0 atom stereocenters. The van der Waals surface area contributed by atoms with Crippen molar-refractivity contribution in [3.8, 4) is 0 Å². The topological polar surface area (TPSA) is 15.8 Å². The highest BCUT2D eigenvalue weighted by Gasteiger charge is 1.91. The fourth-order valence-electron chi connectivity index (χ4n) is 0.903. The molecule has 9 heavy (non-hydrogen) atoms. The Morgan fingerprint density at radius 2 is 1.56 bits per heavy atom. The summed E-state index contributed by atoms with van der Waals surface area (Å²) < 4.78 is 0. The van der Waals surface area contributed by atoms with Crippen LogP contribution < -0.4 is 0 Å². The average molecular weight is 123 g/mol. The van der Waals surface area contributed by atoms with Crippen LogP contribution in [0.3, 0.4) is 0 Å². The van der Waals surface area contributed by atoms with Crippen molar-refractivity contribution in [3.63, 3.8) is 0 Å². The van der Waals surface area contributed by atoms with Gasteiger partial charge in [-0.2, -0.15) is 0 Å². The van der Waals surface area contributed by atoms with Crippen LogP contribution in [0.2, 0.25) is 0 Å². The zero-order valence-corrected chi connectivity index (χ0v) is 6.07. The van der Waals surface area contributed by atoms with E-state index >= 15 is 0 Å². The van der Waals surface area contributed by atoms with Gasteiger partial charge in [-0.15, -0.1) is 0 Å². The molecule has 0 amide bonds. The molecule has 1 heteroatoms. The minimum Gasteiger partial charge on any atom is -0.362 e. The van der Waals surface area contributed by atoms with E-state index in [9.17, 15) is 0 Å². The third-order valence-electron chi connectivity index (χ3n) is 1.57. The molecule has 0 saturated heterocycles. The predicted molar refractivity (Wildman–Crippen MR) is 39.5 cm³/mol. The molecule has 50 valence electrons.